The van der Waals surface area contributed by atoms with Crippen LogP contribution in [0.4, 0.5) is 27.6 Å². The van der Waals surface area contributed by atoms with Gasteiger partial charge in [0.15, 0.2) is 11.7 Å². The Morgan fingerprint density at radius 1 is 1.14 bits per heavy atom. The van der Waals surface area contributed by atoms with Crippen LogP contribution in [0, 0.1) is 0 Å². The molecule has 0 aliphatic heterocycles. The number of aliphatic imine (C=N–C) groups is 1. The molecule has 1 atom stereocenters. The highest BCUT2D eigenvalue weighted by Crippen LogP contribution is 2.29. The highest BCUT2D eigenvalue weighted by molar-refractivity contribution is 14.0. The third kappa shape index (κ3) is 8.68. The first kappa shape index (κ1) is 24.7. The summed E-state index contributed by atoms with van der Waals surface area (Å²) in [7, 11) is 0. The molecule has 160 valence electrons. The molecule has 0 aliphatic rings. The summed E-state index contributed by atoms with van der Waals surface area (Å²) in [5, 5.41) is 12.5. The van der Waals surface area contributed by atoms with Gasteiger partial charge in [-0.25, -0.2) is 0 Å². The molecule has 0 saturated carbocycles. The van der Waals surface area contributed by atoms with Crippen LogP contribution in [-0.4, -0.2) is 30.6 Å². The Morgan fingerprint density at radius 2 is 1.83 bits per heavy atom. The highest BCUT2D eigenvalue weighted by Gasteiger charge is 2.32. The van der Waals surface area contributed by atoms with E-state index in [9.17, 15) is 27.1 Å². The molecule has 2 aromatic rings. The number of hydrogen-bond acceptors (Lipinski definition) is 4. The Kier molecular flexibility index (Phi) is 9.36. The number of hydrogen-bond donors (Lipinski definition) is 3. The van der Waals surface area contributed by atoms with Crippen LogP contribution in [0.25, 0.3) is 0 Å². The van der Waals surface area contributed by atoms with E-state index in [1.54, 1.807) is 0 Å². The fourth-order valence-corrected chi connectivity index (χ4v) is 2.15. The quantitative estimate of drug-likeness (QED) is 0.214. The Bertz CT molecular complexity index is 821. The first-order valence-corrected chi connectivity index (χ1v) is 7.78. The molecule has 0 amide bonds. The van der Waals surface area contributed by atoms with Crippen LogP contribution in [0.1, 0.15) is 11.7 Å². The first-order chi connectivity index (χ1) is 13.1. The number of nitrogens with zero attached hydrogens (tertiary/aromatic N) is 1. The fraction of sp³-hybridized carbons (Fsp3) is 0.235. The number of aliphatic hydroxyl groups excluding tert-OH is 1. The lowest BCUT2D eigenvalue weighted by Gasteiger charge is -2.15. The van der Waals surface area contributed by atoms with Crippen LogP contribution in [0.3, 0.4) is 0 Å². The maximum Gasteiger partial charge on any atom is 0.573 e. The zero-order valence-corrected chi connectivity index (χ0v) is 16.9. The maximum atomic E-state index is 12.4. The molecule has 0 saturated heterocycles. The third-order valence-corrected chi connectivity index (χ3v) is 3.28. The van der Waals surface area contributed by atoms with Crippen molar-refractivity contribution in [1.82, 2.24) is 0 Å². The van der Waals surface area contributed by atoms with E-state index in [4.69, 9.17) is 5.73 Å². The van der Waals surface area contributed by atoms with Crippen LogP contribution in [-0.2, 0) is 0 Å². The molecular weight excluding hydrogens is 516 g/mol. The minimum atomic E-state index is -4.88. The first-order valence-electron chi connectivity index (χ1n) is 7.78. The standard InChI is InChI=1S/C17H16F5N3O3.HI/c18-15(19)27-11-5-3-4-10(8-11)13(26)9-24-16(23)25-12-6-1-2-7-14(12)28-17(20,21)22;/h1-8,13,15,26H,9H2,(H3,23,24,25);1H. The number of para-hydroxylation sites is 2. The lowest BCUT2D eigenvalue weighted by molar-refractivity contribution is -0.274. The monoisotopic (exact) mass is 533 g/mol. The van der Waals surface area contributed by atoms with E-state index >= 15 is 0 Å². The molecule has 4 N–H and O–H groups in total. The number of anilines is 1. The molecule has 0 spiro atoms. The zero-order valence-electron chi connectivity index (χ0n) is 14.6. The number of nitrogens with two attached hydrogens (primary N) is 1. The summed E-state index contributed by atoms with van der Waals surface area (Å²) in [6, 6.07) is 10.6. The summed E-state index contributed by atoms with van der Waals surface area (Å²) in [5.41, 5.74) is 5.79. The normalized spacial score (nSPS) is 12.9. The average molecular weight is 533 g/mol. The van der Waals surface area contributed by atoms with Gasteiger partial charge in [-0.05, 0) is 29.8 Å². The summed E-state index contributed by atoms with van der Waals surface area (Å²) >= 11 is 0. The van der Waals surface area contributed by atoms with Crippen LogP contribution in [0.2, 0.25) is 0 Å². The van der Waals surface area contributed by atoms with Gasteiger partial charge in [-0.2, -0.15) is 8.78 Å². The van der Waals surface area contributed by atoms with Gasteiger partial charge in [0.25, 0.3) is 0 Å². The van der Waals surface area contributed by atoms with Gasteiger partial charge in [-0.1, -0.05) is 24.3 Å². The predicted octanol–water partition coefficient (Wildman–Crippen LogP) is 4.26. The molecule has 0 fully saturated rings. The second kappa shape index (κ2) is 11.0. The number of benzene rings is 2. The Balaban J connectivity index is 0.00000420. The Labute approximate surface area is 179 Å². The van der Waals surface area contributed by atoms with Crippen molar-refractivity contribution in [2.75, 3.05) is 11.9 Å². The second-order valence-electron chi connectivity index (χ2n) is 5.36. The number of rotatable bonds is 7. The summed E-state index contributed by atoms with van der Waals surface area (Å²) in [6.45, 7) is -3.29. The van der Waals surface area contributed by atoms with Crippen molar-refractivity contribution >= 4 is 35.6 Å². The minimum Gasteiger partial charge on any atom is -0.435 e. The molecule has 0 aromatic heterocycles. The van der Waals surface area contributed by atoms with Crippen molar-refractivity contribution in [2.45, 2.75) is 19.1 Å². The number of nitrogens with one attached hydrogen (secondary N) is 1. The maximum absolute atomic E-state index is 12.4. The van der Waals surface area contributed by atoms with Crippen molar-refractivity contribution in [2.24, 2.45) is 10.7 Å². The van der Waals surface area contributed by atoms with Gasteiger partial charge in [0.05, 0.1) is 18.3 Å². The van der Waals surface area contributed by atoms with Gasteiger partial charge < -0.3 is 25.6 Å². The van der Waals surface area contributed by atoms with E-state index in [2.05, 4.69) is 19.8 Å². The summed E-state index contributed by atoms with van der Waals surface area (Å²) < 4.78 is 69.8. The SMILES string of the molecule is I.NC(=NCC(O)c1cccc(OC(F)F)c1)Nc1ccccc1OC(F)(F)F. The highest BCUT2D eigenvalue weighted by atomic mass is 127. The number of alkyl halides is 5. The summed E-state index contributed by atoms with van der Waals surface area (Å²) in [5.74, 6) is -0.928. The van der Waals surface area contributed by atoms with E-state index in [-0.39, 0.29) is 53.5 Å². The van der Waals surface area contributed by atoms with Gasteiger partial charge in [0.1, 0.15) is 5.75 Å². The van der Waals surface area contributed by atoms with Crippen LogP contribution >= 0.6 is 24.0 Å². The van der Waals surface area contributed by atoms with Crippen molar-refractivity contribution < 1.29 is 36.5 Å². The van der Waals surface area contributed by atoms with Gasteiger partial charge in [-0.15, -0.1) is 37.1 Å². The van der Waals surface area contributed by atoms with Crippen molar-refractivity contribution in [1.29, 1.82) is 0 Å². The summed E-state index contributed by atoms with van der Waals surface area (Å²) in [6.07, 6.45) is -6.09. The molecule has 1 unspecified atom stereocenters. The van der Waals surface area contributed by atoms with Crippen molar-refractivity contribution in [3.05, 3.63) is 54.1 Å². The van der Waals surface area contributed by atoms with Crippen LogP contribution < -0.4 is 20.5 Å². The topological polar surface area (TPSA) is 89.1 Å². The molecule has 2 rings (SSSR count). The summed E-state index contributed by atoms with van der Waals surface area (Å²) in [4.78, 5) is 3.83. The van der Waals surface area contributed by atoms with Crippen molar-refractivity contribution in [3.8, 4) is 11.5 Å². The van der Waals surface area contributed by atoms with Crippen molar-refractivity contribution in [3.63, 3.8) is 0 Å². The van der Waals surface area contributed by atoms with Gasteiger partial charge in [-0.3, -0.25) is 4.99 Å². The molecule has 0 aliphatic carbocycles. The molecule has 2 aromatic carbocycles. The third-order valence-electron chi connectivity index (χ3n) is 3.28. The van der Waals surface area contributed by atoms with E-state index in [1.807, 2.05) is 0 Å². The van der Waals surface area contributed by atoms with Gasteiger partial charge in [0, 0.05) is 0 Å². The average Bonchev–Trinajstić information content (AvgIpc) is 2.60. The Morgan fingerprint density at radius 3 is 2.48 bits per heavy atom. The van der Waals surface area contributed by atoms with Crippen LogP contribution in [0.15, 0.2) is 53.5 Å². The lowest BCUT2D eigenvalue weighted by atomic mass is 10.1. The predicted molar refractivity (Wildman–Crippen MR) is 107 cm³/mol. The number of aliphatic hydroxyl groups is 1. The molecular formula is C17H17F5IN3O3. The van der Waals surface area contributed by atoms with Gasteiger partial charge >= 0.3 is 13.0 Å². The molecule has 29 heavy (non-hydrogen) atoms. The molecule has 6 nitrogen and oxygen atoms in total. The van der Waals surface area contributed by atoms with E-state index in [0.29, 0.717) is 0 Å². The zero-order chi connectivity index (χ0) is 20.7. The van der Waals surface area contributed by atoms with Gasteiger partial charge in [0.2, 0.25) is 0 Å². The van der Waals surface area contributed by atoms with E-state index < -0.39 is 24.8 Å². The molecule has 0 radical (unpaired) electrons. The Hall–Kier alpha value is -2.35. The molecule has 0 heterocycles. The van der Waals surface area contributed by atoms with E-state index in [1.165, 1.54) is 42.5 Å². The lowest BCUT2D eigenvalue weighted by Crippen LogP contribution is -2.25. The largest absolute Gasteiger partial charge is 0.573 e. The molecule has 0 bridgehead atoms. The second-order valence-corrected chi connectivity index (χ2v) is 5.36. The number of halogens is 6. The fourth-order valence-electron chi connectivity index (χ4n) is 2.15. The van der Waals surface area contributed by atoms with E-state index in [0.717, 1.165) is 6.07 Å². The molecule has 12 heteroatoms. The number of guanidine groups is 1. The van der Waals surface area contributed by atoms with Crippen LogP contribution in [0.5, 0.6) is 11.5 Å². The smallest absolute Gasteiger partial charge is 0.435 e. The minimum absolute atomic E-state index is 0. The number of ether oxygens (including phenoxy) is 2.